The van der Waals surface area contributed by atoms with Crippen LogP contribution in [0.4, 0.5) is 0 Å². The Bertz CT molecular complexity index is 98.6. The lowest BCUT2D eigenvalue weighted by molar-refractivity contribution is -0.117. The Hall–Kier alpha value is 0.1000. The van der Waals surface area contributed by atoms with Crippen molar-refractivity contribution in [2.24, 2.45) is 0 Å². The predicted octanol–water partition coefficient (Wildman–Crippen LogP) is 0.539. The second-order valence-electron chi connectivity index (χ2n) is 1.18. The lowest BCUT2D eigenvalue weighted by Gasteiger charge is -1.80. The molecule has 0 heterocycles. The molecule has 0 aliphatic rings. The van der Waals surface area contributed by atoms with E-state index in [2.05, 4.69) is 22.6 Å². The van der Waals surface area contributed by atoms with Gasteiger partial charge in [-0.25, -0.2) is 0 Å². The fourth-order valence-electron chi connectivity index (χ4n) is 0.229. The Morgan fingerprint density at radius 3 is 2.75 bits per heavy atom. The first-order chi connectivity index (χ1) is 3.81. The molecule has 8 heavy (non-hydrogen) atoms. The van der Waals surface area contributed by atoms with E-state index in [0.29, 0.717) is 0 Å². The van der Waals surface area contributed by atoms with Gasteiger partial charge in [0.25, 0.3) is 0 Å². The van der Waals surface area contributed by atoms with Crippen molar-refractivity contribution in [2.75, 3.05) is 11.0 Å². The number of aliphatic hydroxyl groups excluding tert-OH is 1. The lowest BCUT2D eigenvalue weighted by Crippen LogP contribution is -1.97. The number of ketones is 1. The highest BCUT2D eigenvalue weighted by Crippen LogP contribution is 1.82. The van der Waals surface area contributed by atoms with E-state index in [9.17, 15) is 4.79 Å². The van der Waals surface area contributed by atoms with Crippen LogP contribution in [-0.2, 0) is 4.79 Å². The first-order valence-corrected chi connectivity index (χ1v) is 3.70. The topological polar surface area (TPSA) is 37.3 Å². The van der Waals surface area contributed by atoms with Gasteiger partial charge in [-0.1, -0.05) is 28.7 Å². The minimum atomic E-state index is -0.382. The van der Waals surface area contributed by atoms with Crippen LogP contribution in [0.15, 0.2) is 12.2 Å². The van der Waals surface area contributed by atoms with Crippen LogP contribution in [-0.4, -0.2) is 21.9 Å². The molecule has 2 nitrogen and oxygen atoms in total. The summed E-state index contributed by atoms with van der Waals surface area (Å²) in [5, 5.41) is 8.16. The van der Waals surface area contributed by atoms with Crippen molar-refractivity contribution in [3.8, 4) is 0 Å². The van der Waals surface area contributed by atoms with E-state index in [1.54, 1.807) is 6.08 Å². The van der Waals surface area contributed by atoms with Crippen LogP contribution in [0.2, 0.25) is 0 Å². The smallest absolute Gasteiger partial charge is 0.180 e. The van der Waals surface area contributed by atoms with Crippen molar-refractivity contribution in [3.63, 3.8) is 0 Å². The molecule has 0 aliphatic heterocycles. The molecule has 1 N–H and O–H groups in total. The highest BCUT2D eigenvalue weighted by atomic mass is 127. The first kappa shape index (κ1) is 8.10. The lowest BCUT2D eigenvalue weighted by atomic mass is 10.4. The second kappa shape index (κ2) is 5.24. The highest BCUT2D eigenvalue weighted by molar-refractivity contribution is 14.1. The third-order valence-electron chi connectivity index (χ3n) is 0.549. The molecule has 0 bridgehead atoms. The maximum absolute atomic E-state index is 10.2. The van der Waals surface area contributed by atoms with E-state index >= 15 is 0 Å². The van der Waals surface area contributed by atoms with Crippen LogP contribution in [0.5, 0.6) is 0 Å². The van der Waals surface area contributed by atoms with Gasteiger partial charge in [0.05, 0.1) is 0 Å². The maximum Gasteiger partial charge on any atom is 0.180 e. The van der Waals surface area contributed by atoms with Crippen molar-refractivity contribution in [1.29, 1.82) is 0 Å². The maximum atomic E-state index is 10.2. The third kappa shape index (κ3) is 4.26. The van der Waals surface area contributed by atoms with Crippen molar-refractivity contribution in [2.45, 2.75) is 0 Å². The minimum absolute atomic E-state index is 0.235. The number of allylic oxidation sites excluding steroid dienone is 1. The molecule has 0 saturated heterocycles. The number of rotatable bonds is 3. The number of halogens is 1. The van der Waals surface area contributed by atoms with Gasteiger partial charge in [-0.15, -0.1) is 0 Å². The summed E-state index contributed by atoms with van der Waals surface area (Å²) in [7, 11) is 0. The molecule has 0 saturated carbocycles. The number of hydrogen-bond acceptors (Lipinski definition) is 2. The Morgan fingerprint density at radius 1 is 1.75 bits per heavy atom. The number of carbonyl (C=O) groups excluding carboxylic acids is 1. The Labute approximate surface area is 61.7 Å². The molecule has 3 heteroatoms. The number of carbonyl (C=O) groups is 1. The van der Waals surface area contributed by atoms with E-state index < -0.39 is 0 Å². The molecule has 0 aliphatic carbocycles. The van der Waals surface area contributed by atoms with E-state index in [0.717, 1.165) is 4.43 Å². The van der Waals surface area contributed by atoms with Gasteiger partial charge in [0.1, 0.15) is 6.61 Å². The standard InChI is InChI=1S/C5H7IO2/c6-3-1-2-5(8)4-7/h1-2,7H,3-4H2/b2-1-. The summed E-state index contributed by atoms with van der Waals surface area (Å²) in [5.74, 6) is -0.235. The van der Waals surface area contributed by atoms with Crippen LogP contribution in [0.3, 0.4) is 0 Å². The summed E-state index contributed by atoms with van der Waals surface area (Å²) in [5.41, 5.74) is 0. The predicted molar refractivity (Wildman–Crippen MR) is 40.1 cm³/mol. The molecule has 0 atom stereocenters. The van der Waals surface area contributed by atoms with Gasteiger partial charge in [-0.2, -0.15) is 0 Å². The number of alkyl halides is 1. The van der Waals surface area contributed by atoms with Gasteiger partial charge in [0.15, 0.2) is 5.78 Å². The normalized spacial score (nSPS) is 10.2. The summed E-state index contributed by atoms with van der Waals surface area (Å²) in [6.45, 7) is -0.382. The van der Waals surface area contributed by atoms with Crippen LogP contribution < -0.4 is 0 Å². The molecule has 0 aromatic heterocycles. The van der Waals surface area contributed by atoms with Crippen LogP contribution in [0, 0.1) is 0 Å². The first-order valence-electron chi connectivity index (χ1n) is 2.17. The molecule has 0 amide bonds. The van der Waals surface area contributed by atoms with Crippen LogP contribution in [0.25, 0.3) is 0 Å². The average molecular weight is 226 g/mol. The van der Waals surface area contributed by atoms with Crippen LogP contribution >= 0.6 is 22.6 Å². The summed E-state index contributed by atoms with van der Waals surface area (Å²) < 4.78 is 0.809. The fourth-order valence-corrected chi connectivity index (χ4v) is 0.483. The Morgan fingerprint density at radius 2 is 2.38 bits per heavy atom. The average Bonchev–Trinajstić information content (AvgIpc) is 1.83. The highest BCUT2D eigenvalue weighted by Gasteiger charge is 1.86. The Balaban J connectivity index is 3.37. The van der Waals surface area contributed by atoms with Gasteiger partial charge < -0.3 is 5.11 Å². The van der Waals surface area contributed by atoms with Crippen molar-refractivity contribution >= 4 is 28.4 Å². The molecule has 0 unspecified atom stereocenters. The van der Waals surface area contributed by atoms with Crippen LogP contribution in [0.1, 0.15) is 0 Å². The molecule has 0 spiro atoms. The summed E-state index contributed by atoms with van der Waals surface area (Å²) in [6, 6.07) is 0. The van der Waals surface area contributed by atoms with E-state index in [1.807, 2.05) is 0 Å². The quantitative estimate of drug-likeness (QED) is 0.433. The summed E-state index contributed by atoms with van der Waals surface area (Å²) in [6.07, 6.45) is 3.09. The molecule has 0 radical (unpaired) electrons. The molecule has 46 valence electrons. The van der Waals surface area contributed by atoms with Crippen molar-refractivity contribution in [1.82, 2.24) is 0 Å². The summed E-state index contributed by atoms with van der Waals surface area (Å²) >= 11 is 2.12. The largest absolute Gasteiger partial charge is 0.388 e. The molecule has 0 fully saturated rings. The van der Waals surface area contributed by atoms with Crippen molar-refractivity contribution < 1.29 is 9.90 Å². The van der Waals surface area contributed by atoms with Gasteiger partial charge in [-0.3, -0.25) is 4.79 Å². The van der Waals surface area contributed by atoms with E-state index in [1.165, 1.54) is 6.08 Å². The van der Waals surface area contributed by atoms with Gasteiger partial charge in [0.2, 0.25) is 0 Å². The van der Waals surface area contributed by atoms with Gasteiger partial charge >= 0.3 is 0 Å². The van der Waals surface area contributed by atoms with Gasteiger partial charge in [0, 0.05) is 4.43 Å². The molecular formula is C5H7IO2. The fraction of sp³-hybridized carbons (Fsp3) is 0.400. The molecule has 0 rings (SSSR count). The SMILES string of the molecule is O=C(/C=C\CI)CO. The monoisotopic (exact) mass is 226 g/mol. The zero-order chi connectivity index (χ0) is 6.41. The summed E-state index contributed by atoms with van der Waals surface area (Å²) in [4.78, 5) is 10.2. The number of hydrogen-bond donors (Lipinski definition) is 1. The zero-order valence-corrected chi connectivity index (χ0v) is 6.46. The molecule has 0 aromatic rings. The minimum Gasteiger partial charge on any atom is -0.388 e. The third-order valence-corrected chi connectivity index (χ3v) is 1.06. The second-order valence-corrected chi connectivity index (χ2v) is 2.06. The number of aliphatic hydroxyl groups is 1. The molecule has 0 aromatic carbocycles. The van der Waals surface area contributed by atoms with Crippen molar-refractivity contribution in [3.05, 3.63) is 12.2 Å². The van der Waals surface area contributed by atoms with E-state index in [-0.39, 0.29) is 12.4 Å². The Kier molecular flexibility index (Phi) is 5.31. The molecular weight excluding hydrogens is 219 g/mol. The van der Waals surface area contributed by atoms with Gasteiger partial charge in [-0.05, 0) is 6.08 Å². The zero-order valence-electron chi connectivity index (χ0n) is 4.30. The van der Waals surface area contributed by atoms with E-state index in [4.69, 9.17) is 5.11 Å².